The predicted molar refractivity (Wildman–Crippen MR) is 138 cm³/mol. The summed E-state index contributed by atoms with van der Waals surface area (Å²) in [6.45, 7) is 3.41. The predicted octanol–water partition coefficient (Wildman–Crippen LogP) is 3.44. The van der Waals surface area contributed by atoms with Gasteiger partial charge in [-0.2, -0.15) is 0 Å². The Morgan fingerprint density at radius 2 is 2.05 bits per heavy atom. The van der Waals surface area contributed by atoms with Crippen LogP contribution in [0.2, 0.25) is 0 Å². The van der Waals surface area contributed by atoms with Crippen molar-refractivity contribution in [3.05, 3.63) is 83.8 Å². The van der Waals surface area contributed by atoms with E-state index in [0.717, 1.165) is 29.5 Å². The maximum absolute atomic E-state index is 13.8. The van der Waals surface area contributed by atoms with Crippen molar-refractivity contribution in [3.63, 3.8) is 0 Å². The highest BCUT2D eigenvalue weighted by atomic mass is 16.5. The molecule has 4 aromatic rings. The van der Waals surface area contributed by atoms with Crippen LogP contribution < -0.4 is 5.32 Å². The molecule has 2 aromatic heterocycles. The van der Waals surface area contributed by atoms with Gasteiger partial charge in [-0.3, -0.25) is 9.59 Å². The van der Waals surface area contributed by atoms with E-state index in [9.17, 15) is 9.59 Å². The average molecular weight is 502 g/mol. The lowest BCUT2D eigenvalue weighted by molar-refractivity contribution is -0.142. The number of carbonyl (C=O) groups is 2. The third kappa shape index (κ3) is 5.89. The van der Waals surface area contributed by atoms with Crippen LogP contribution in [0.5, 0.6) is 0 Å². The molecule has 0 aliphatic carbocycles. The lowest BCUT2D eigenvalue weighted by Gasteiger charge is -2.30. The molecule has 192 valence electrons. The first-order valence-electron chi connectivity index (χ1n) is 12.6. The number of aryl methyl sites for hydroxylation is 1. The molecule has 2 aromatic carbocycles. The second kappa shape index (κ2) is 11.4. The maximum atomic E-state index is 13.8. The molecule has 9 heteroatoms. The molecule has 0 radical (unpaired) electrons. The topological polar surface area (TPSA) is 102 Å². The van der Waals surface area contributed by atoms with Gasteiger partial charge in [0.15, 0.2) is 6.04 Å². The van der Waals surface area contributed by atoms with Crippen molar-refractivity contribution in [2.75, 3.05) is 19.7 Å². The summed E-state index contributed by atoms with van der Waals surface area (Å²) in [5.41, 5.74) is 3.69. The highest BCUT2D eigenvalue weighted by Crippen LogP contribution is 2.24. The van der Waals surface area contributed by atoms with Gasteiger partial charge >= 0.3 is 0 Å². The molecule has 0 bridgehead atoms. The number of hydrogen-bond donors (Lipinski definition) is 1. The molecule has 1 N–H and O–H groups in total. The van der Waals surface area contributed by atoms with Crippen LogP contribution in [0.3, 0.4) is 0 Å². The lowest BCUT2D eigenvalue weighted by atomic mass is 10.1. The van der Waals surface area contributed by atoms with Crippen molar-refractivity contribution in [1.82, 2.24) is 25.2 Å². The molecule has 0 saturated carbocycles. The normalized spacial score (nSPS) is 16.1. The van der Waals surface area contributed by atoms with Crippen molar-refractivity contribution in [2.45, 2.75) is 44.9 Å². The number of aromatic nitrogens is 3. The van der Waals surface area contributed by atoms with E-state index in [0.29, 0.717) is 37.4 Å². The van der Waals surface area contributed by atoms with Crippen LogP contribution >= 0.6 is 0 Å². The molecular formula is C28H31N5O4. The summed E-state index contributed by atoms with van der Waals surface area (Å²) in [5.74, 6) is -0.144. The van der Waals surface area contributed by atoms with Crippen molar-refractivity contribution in [1.29, 1.82) is 0 Å². The number of fused-ring (bicyclic) bond motifs is 1. The van der Waals surface area contributed by atoms with Gasteiger partial charge < -0.3 is 19.4 Å². The molecule has 5 rings (SSSR count). The number of nitrogens with zero attached hydrogens (tertiary/aromatic N) is 4. The van der Waals surface area contributed by atoms with Gasteiger partial charge in [0.25, 0.3) is 5.91 Å². The smallest absolute Gasteiger partial charge is 0.250 e. The van der Waals surface area contributed by atoms with Gasteiger partial charge in [0, 0.05) is 19.7 Å². The van der Waals surface area contributed by atoms with E-state index in [2.05, 4.69) is 21.7 Å². The Hall–Kier alpha value is -3.98. The molecule has 2 atom stereocenters. The number of rotatable bonds is 10. The summed E-state index contributed by atoms with van der Waals surface area (Å²) >= 11 is 0. The molecule has 9 nitrogen and oxygen atoms in total. The SMILES string of the molecule is Cc1cccc(CCN(C(=O)Cn2nnc3ccccc32)[C@@H](C(=O)NC[C@@H]2CCCO2)c2ccco2)c1. The monoisotopic (exact) mass is 501 g/mol. The van der Waals surface area contributed by atoms with E-state index >= 15 is 0 Å². The molecule has 0 unspecified atom stereocenters. The van der Waals surface area contributed by atoms with Gasteiger partial charge in [-0.1, -0.05) is 47.2 Å². The molecule has 0 spiro atoms. The molecule has 1 aliphatic rings. The number of nitrogens with one attached hydrogen (secondary N) is 1. The minimum absolute atomic E-state index is 0.0147. The Bertz CT molecular complexity index is 1340. The van der Waals surface area contributed by atoms with Crippen LogP contribution in [0.4, 0.5) is 0 Å². The van der Waals surface area contributed by atoms with E-state index < -0.39 is 6.04 Å². The van der Waals surface area contributed by atoms with Gasteiger partial charge in [0.05, 0.1) is 17.9 Å². The summed E-state index contributed by atoms with van der Waals surface area (Å²) < 4.78 is 12.9. The third-order valence-corrected chi connectivity index (χ3v) is 6.65. The highest BCUT2D eigenvalue weighted by Gasteiger charge is 2.34. The summed E-state index contributed by atoms with van der Waals surface area (Å²) in [5, 5.41) is 11.3. The van der Waals surface area contributed by atoms with Gasteiger partial charge in [0.1, 0.15) is 17.8 Å². The summed E-state index contributed by atoms with van der Waals surface area (Å²) in [4.78, 5) is 29.0. The van der Waals surface area contributed by atoms with Crippen LogP contribution in [0.25, 0.3) is 11.0 Å². The van der Waals surface area contributed by atoms with Crippen molar-refractivity contribution in [3.8, 4) is 0 Å². The lowest BCUT2D eigenvalue weighted by Crippen LogP contribution is -2.47. The third-order valence-electron chi connectivity index (χ3n) is 6.65. The number of hydrogen-bond acceptors (Lipinski definition) is 6. The fraction of sp³-hybridized carbons (Fsp3) is 0.357. The maximum Gasteiger partial charge on any atom is 0.250 e. The largest absolute Gasteiger partial charge is 0.467 e. The number of benzene rings is 2. The molecular weight excluding hydrogens is 470 g/mol. The summed E-state index contributed by atoms with van der Waals surface area (Å²) in [6.07, 6.45) is 3.97. The van der Waals surface area contributed by atoms with Gasteiger partial charge in [-0.05, 0) is 56.0 Å². The average Bonchev–Trinajstić information content (AvgIpc) is 3.68. The van der Waals surface area contributed by atoms with Crippen LogP contribution in [0.15, 0.2) is 71.3 Å². The molecule has 1 saturated heterocycles. The highest BCUT2D eigenvalue weighted by molar-refractivity contribution is 5.88. The van der Waals surface area contributed by atoms with E-state index in [-0.39, 0.29) is 24.5 Å². The first-order chi connectivity index (χ1) is 18.1. The van der Waals surface area contributed by atoms with E-state index in [1.54, 1.807) is 21.7 Å². The zero-order chi connectivity index (χ0) is 25.6. The second-order valence-corrected chi connectivity index (χ2v) is 9.36. The number of furan rings is 1. The standard InChI is InChI=1S/C28H31N5O4/c1-20-7-4-8-21(17-20)13-14-32(26(34)19-33-24-11-3-2-10-23(24)30-31-33)27(25-12-6-16-37-25)28(35)29-18-22-9-5-15-36-22/h2-4,6-8,10-12,16-17,22,27H,5,9,13-15,18-19H2,1H3,(H,29,35)/t22-,27+/m0/s1. The fourth-order valence-corrected chi connectivity index (χ4v) is 4.76. The van der Waals surface area contributed by atoms with Crippen LogP contribution in [0.1, 0.15) is 35.8 Å². The number of carbonyl (C=O) groups excluding carboxylic acids is 2. The Kier molecular flexibility index (Phi) is 7.60. The van der Waals surface area contributed by atoms with Crippen LogP contribution in [0, 0.1) is 6.92 Å². The Morgan fingerprint density at radius 1 is 1.16 bits per heavy atom. The molecule has 3 heterocycles. The van der Waals surface area contributed by atoms with Crippen LogP contribution in [-0.4, -0.2) is 57.5 Å². The number of para-hydroxylation sites is 1. The zero-order valence-corrected chi connectivity index (χ0v) is 20.9. The van der Waals surface area contributed by atoms with E-state index in [1.165, 1.54) is 6.26 Å². The Labute approximate surface area is 215 Å². The summed E-state index contributed by atoms with van der Waals surface area (Å²) in [6, 6.07) is 18.2. The van der Waals surface area contributed by atoms with E-state index in [1.807, 2.05) is 49.4 Å². The Balaban J connectivity index is 1.42. The molecule has 1 aliphatic heterocycles. The first kappa shape index (κ1) is 24.7. The van der Waals surface area contributed by atoms with Gasteiger partial charge in [0.2, 0.25) is 5.91 Å². The second-order valence-electron chi connectivity index (χ2n) is 9.36. The minimum Gasteiger partial charge on any atom is -0.467 e. The first-order valence-corrected chi connectivity index (χ1v) is 12.6. The van der Waals surface area contributed by atoms with Crippen LogP contribution in [-0.2, 0) is 27.3 Å². The molecule has 1 fully saturated rings. The van der Waals surface area contributed by atoms with E-state index in [4.69, 9.17) is 9.15 Å². The molecule has 2 amide bonds. The zero-order valence-electron chi connectivity index (χ0n) is 20.9. The number of amides is 2. The minimum atomic E-state index is -0.927. The fourth-order valence-electron chi connectivity index (χ4n) is 4.76. The van der Waals surface area contributed by atoms with Crippen molar-refractivity contribution in [2.24, 2.45) is 0 Å². The van der Waals surface area contributed by atoms with Crippen molar-refractivity contribution < 1.29 is 18.7 Å². The number of ether oxygens (including phenoxy) is 1. The summed E-state index contributed by atoms with van der Waals surface area (Å²) in [7, 11) is 0. The van der Waals surface area contributed by atoms with Gasteiger partial charge in [-0.25, -0.2) is 4.68 Å². The van der Waals surface area contributed by atoms with Gasteiger partial charge in [-0.15, -0.1) is 5.10 Å². The van der Waals surface area contributed by atoms with Crippen molar-refractivity contribution >= 4 is 22.8 Å². The quantitative estimate of drug-likeness (QED) is 0.357. The molecule has 37 heavy (non-hydrogen) atoms. The Morgan fingerprint density at radius 3 is 2.84 bits per heavy atom.